The van der Waals surface area contributed by atoms with Gasteiger partial charge in [-0.2, -0.15) is 0 Å². The lowest BCUT2D eigenvalue weighted by molar-refractivity contribution is 0.102. The van der Waals surface area contributed by atoms with Gasteiger partial charge in [-0.3, -0.25) is 4.79 Å². The Morgan fingerprint density at radius 1 is 1.25 bits per heavy atom. The first-order valence-corrected chi connectivity index (χ1v) is 5.57. The number of hydrogen-bond acceptors (Lipinski definition) is 5. The zero-order valence-electron chi connectivity index (χ0n) is 10.4. The van der Waals surface area contributed by atoms with Crippen molar-refractivity contribution in [3.8, 4) is 0 Å². The van der Waals surface area contributed by atoms with Crippen LogP contribution >= 0.6 is 0 Å². The van der Waals surface area contributed by atoms with Crippen LogP contribution in [0, 0.1) is 18.6 Å². The van der Waals surface area contributed by atoms with Crippen molar-refractivity contribution >= 4 is 17.4 Å². The molecule has 0 radical (unpaired) electrons. The van der Waals surface area contributed by atoms with Gasteiger partial charge in [0, 0.05) is 0 Å². The molecule has 0 aliphatic rings. The summed E-state index contributed by atoms with van der Waals surface area (Å²) in [5, 5.41) is 2.13. The van der Waals surface area contributed by atoms with Crippen LogP contribution in [-0.2, 0) is 0 Å². The van der Waals surface area contributed by atoms with Gasteiger partial charge in [0.1, 0.15) is 17.2 Å². The Balaban J connectivity index is 2.25. The average Bonchev–Trinajstić information content (AvgIpc) is 2.47. The zero-order valence-corrected chi connectivity index (χ0v) is 10.4. The van der Waals surface area contributed by atoms with Gasteiger partial charge >= 0.3 is 0 Å². The molecule has 2 aromatic rings. The van der Waals surface area contributed by atoms with Crippen molar-refractivity contribution in [2.24, 2.45) is 5.84 Å². The van der Waals surface area contributed by atoms with Crippen molar-refractivity contribution in [1.82, 2.24) is 9.97 Å². The quantitative estimate of drug-likeness (QED) is 0.586. The van der Waals surface area contributed by atoms with E-state index in [0.29, 0.717) is 0 Å². The molecule has 0 spiro atoms. The number of benzene rings is 1. The summed E-state index contributed by atoms with van der Waals surface area (Å²) in [5.74, 6) is 2.90. The van der Waals surface area contributed by atoms with E-state index < -0.39 is 23.2 Å². The fourth-order valence-electron chi connectivity index (χ4n) is 1.47. The van der Waals surface area contributed by atoms with Crippen molar-refractivity contribution < 1.29 is 13.6 Å². The topological polar surface area (TPSA) is 92.9 Å². The molecule has 1 aromatic carbocycles. The first-order valence-electron chi connectivity index (χ1n) is 5.57. The first-order chi connectivity index (χ1) is 9.52. The molecule has 4 N–H and O–H groups in total. The standard InChI is InChI=1S/C12H11F2N5O/c1-6-2-3-7(13)11(10(6)14)18-12(20)8-4-17-9(19-15)5-16-8/h2-5H,15H2,1H3,(H,17,19)(H,18,20). The molecular weight excluding hydrogens is 268 g/mol. The third kappa shape index (κ3) is 2.69. The SMILES string of the molecule is Cc1ccc(F)c(NC(=O)c2cnc(NN)cn2)c1F. The van der Waals surface area contributed by atoms with E-state index in [4.69, 9.17) is 5.84 Å². The fraction of sp³-hybridized carbons (Fsp3) is 0.0833. The Hall–Kier alpha value is -2.61. The van der Waals surface area contributed by atoms with E-state index in [9.17, 15) is 13.6 Å². The van der Waals surface area contributed by atoms with Crippen LogP contribution in [0.2, 0.25) is 0 Å². The number of hydrazine groups is 1. The number of nitrogens with two attached hydrogens (primary N) is 1. The van der Waals surface area contributed by atoms with E-state index in [2.05, 4.69) is 20.7 Å². The second-order valence-electron chi connectivity index (χ2n) is 3.94. The fourth-order valence-corrected chi connectivity index (χ4v) is 1.47. The number of carbonyl (C=O) groups excluding carboxylic acids is 1. The minimum Gasteiger partial charge on any atom is -0.316 e. The molecule has 0 saturated heterocycles. The second-order valence-corrected chi connectivity index (χ2v) is 3.94. The van der Waals surface area contributed by atoms with Crippen LogP contribution < -0.4 is 16.6 Å². The number of anilines is 2. The maximum Gasteiger partial charge on any atom is 0.276 e. The zero-order chi connectivity index (χ0) is 14.7. The van der Waals surface area contributed by atoms with E-state index in [-0.39, 0.29) is 17.1 Å². The normalized spacial score (nSPS) is 10.2. The molecule has 0 bridgehead atoms. The summed E-state index contributed by atoms with van der Waals surface area (Å²) in [4.78, 5) is 19.4. The van der Waals surface area contributed by atoms with E-state index in [1.54, 1.807) is 0 Å². The first kappa shape index (κ1) is 13.8. The molecule has 1 aromatic heterocycles. The Morgan fingerprint density at radius 2 is 2.00 bits per heavy atom. The van der Waals surface area contributed by atoms with Crippen molar-refractivity contribution in [3.05, 3.63) is 47.4 Å². The van der Waals surface area contributed by atoms with Gasteiger partial charge in [-0.15, -0.1) is 0 Å². The molecule has 20 heavy (non-hydrogen) atoms. The van der Waals surface area contributed by atoms with Crippen LogP contribution in [0.5, 0.6) is 0 Å². The van der Waals surface area contributed by atoms with E-state index >= 15 is 0 Å². The Kier molecular flexibility index (Phi) is 3.85. The van der Waals surface area contributed by atoms with Crippen LogP contribution in [0.4, 0.5) is 20.3 Å². The van der Waals surface area contributed by atoms with Crippen molar-refractivity contribution in [3.63, 3.8) is 0 Å². The minimum absolute atomic E-state index is 0.0932. The summed E-state index contributed by atoms with van der Waals surface area (Å²) in [5.41, 5.74) is 1.85. The van der Waals surface area contributed by atoms with Crippen LogP contribution in [-0.4, -0.2) is 15.9 Å². The lowest BCUT2D eigenvalue weighted by Gasteiger charge is -2.09. The number of carbonyl (C=O) groups is 1. The third-order valence-electron chi connectivity index (χ3n) is 2.56. The number of nitrogen functional groups attached to an aromatic ring is 1. The van der Waals surface area contributed by atoms with Gasteiger partial charge in [0.15, 0.2) is 11.6 Å². The summed E-state index contributed by atoms with van der Waals surface area (Å²) in [6, 6.07) is 2.35. The largest absolute Gasteiger partial charge is 0.316 e. The summed E-state index contributed by atoms with van der Waals surface area (Å²) in [6.07, 6.45) is 2.36. The highest BCUT2D eigenvalue weighted by molar-refractivity contribution is 6.02. The summed E-state index contributed by atoms with van der Waals surface area (Å²) < 4.78 is 27.2. The van der Waals surface area contributed by atoms with E-state index in [0.717, 1.165) is 12.3 Å². The molecule has 104 valence electrons. The van der Waals surface area contributed by atoms with E-state index in [1.165, 1.54) is 19.2 Å². The van der Waals surface area contributed by atoms with Gasteiger partial charge in [-0.05, 0) is 18.6 Å². The monoisotopic (exact) mass is 279 g/mol. The maximum atomic E-state index is 13.7. The van der Waals surface area contributed by atoms with Crippen molar-refractivity contribution in [1.29, 1.82) is 0 Å². The number of nitrogens with zero attached hydrogens (tertiary/aromatic N) is 2. The number of amides is 1. The number of nitrogens with one attached hydrogen (secondary N) is 2. The molecule has 0 unspecified atom stereocenters. The number of rotatable bonds is 3. The van der Waals surface area contributed by atoms with Crippen LogP contribution in [0.1, 0.15) is 16.1 Å². The minimum atomic E-state index is -0.866. The Morgan fingerprint density at radius 3 is 2.60 bits per heavy atom. The molecule has 0 aliphatic heterocycles. The average molecular weight is 279 g/mol. The van der Waals surface area contributed by atoms with Crippen LogP contribution in [0.3, 0.4) is 0 Å². The van der Waals surface area contributed by atoms with Crippen LogP contribution in [0.25, 0.3) is 0 Å². The molecule has 8 heteroatoms. The van der Waals surface area contributed by atoms with Gasteiger partial charge in [-0.25, -0.2) is 24.6 Å². The lowest BCUT2D eigenvalue weighted by atomic mass is 10.2. The summed E-state index contributed by atoms with van der Waals surface area (Å²) in [6.45, 7) is 1.46. The molecule has 0 aliphatic carbocycles. The summed E-state index contributed by atoms with van der Waals surface area (Å²) >= 11 is 0. The third-order valence-corrected chi connectivity index (χ3v) is 2.56. The van der Waals surface area contributed by atoms with Gasteiger partial charge in [0.25, 0.3) is 5.91 Å². The van der Waals surface area contributed by atoms with Crippen molar-refractivity contribution in [2.45, 2.75) is 6.92 Å². The van der Waals surface area contributed by atoms with Gasteiger partial charge in [0.2, 0.25) is 0 Å². The highest BCUT2D eigenvalue weighted by Crippen LogP contribution is 2.22. The highest BCUT2D eigenvalue weighted by Gasteiger charge is 2.16. The molecule has 0 fully saturated rings. The van der Waals surface area contributed by atoms with E-state index in [1.807, 2.05) is 0 Å². The number of halogens is 2. The lowest BCUT2D eigenvalue weighted by Crippen LogP contribution is -2.17. The van der Waals surface area contributed by atoms with Gasteiger partial charge in [-0.1, -0.05) is 6.07 Å². The van der Waals surface area contributed by atoms with Gasteiger partial charge < -0.3 is 10.7 Å². The predicted molar refractivity (Wildman–Crippen MR) is 68.9 cm³/mol. The molecular formula is C12H11F2N5O. The smallest absolute Gasteiger partial charge is 0.276 e. The maximum absolute atomic E-state index is 13.7. The Bertz CT molecular complexity index is 645. The molecule has 1 heterocycles. The summed E-state index contributed by atoms with van der Waals surface area (Å²) in [7, 11) is 0. The molecule has 1 amide bonds. The number of hydrogen-bond donors (Lipinski definition) is 3. The molecule has 2 rings (SSSR count). The number of aromatic nitrogens is 2. The Labute approximate surface area is 113 Å². The molecule has 6 nitrogen and oxygen atoms in total. The van der Waals surface area contributed by atoms with Gasteiger partial charge in [0.05, 0.1) is 12.4 Å². The number of aryl methyl sites for hydroxylation is 1. The predicted octanol–water partition coefficient (Wildman–Crippen LogP) is 1.60. The molecule has 0 atom stereocenters. The van der Waals surface area contributed by atoms with Crippen LogP contribution in [0.15, 0.2) is 24.5 Å². The second kappa shape index (κ2) is 5.57. The molecule has 0 saturated carbocycles. The van der Waals surface area contributed by atoms with Crippen molar-refractivity contribution in [2.75, 3.05) is 10.7 Å². The highest BCUT2D eigenvalue weighted by atomic mass is 19.1.